The zero-order chi connectivity index (χ0) is 13.1. The number of carbonyl (C=O) groups is 1. The van der Waals surface area contributed by atoms with Crippen LogP contribution in [0.2, 0.25) is 5.02 Å². The summed E-state index contributed by atoms with van der Waals surface area (Å²) < 4.78 is 25.5. The maximum absolute atomic E-state index is 11.7. The zero-order valence-corrected chi connectivity index (χ0v) is 11.7. The summed E-state index contributed by atoms with van der Waals surface area (Å²) in [5.41, 5.74) is 0. The lowest BCUT2D eigenvalue weighted by Gasteiger charge is -2.07. The van der Waals surface area contributed by atoms with Crippen LogP contribution in [0.1, 0.15) is 13.8 Å². The first-order valence-electron chi connectivity index (χ1n) is 4.80. The van der Waals surface area contributed by atoms with Crippen LogP contribution < -0.4 is 4.72 Å². The minimum absolute atomic E-state index is 0.0135. The molecule has 0 saturated heterocycles. The molecular formula is C10H12ClNO3S2. The van der Waals surface area contributed by atoms with Crippen LogP contribution in [0, 0.1) is 0 Å². The number of hydrogen-bond donors (Lipinski definition) is 1. The normalized spacial score (nSPS) is 11.5. The molecule has 17 heavy (non-hydrogen) atoms. The van der Waals surface area contributed by atoms with Crippen molar-refractivity contribution >= 4 is 38.6 Å². The number of nitrogens with one attached hydrogen (secondary N) is 1. The smallest absolute Gasteiger partial charge is 0.261 e. The second-order valence-electron chi connectivity index (χ2n) is 3.51. The summed E-state index contributed by atoms with van der Waals surface area (Å²) in [6, 6.07) is 5.60. The molecule has 1 rings (SSSR count). The molecule has 1 N–H and O–H groups in total. The summed E-state index contributed by atoms with van der Waals surface area (Å²) in [4.78, 5) is 11.4. The quantitative estimate of drug-likeness (QED) is 0.931. The molecule has 0 radical (unpaired) electrons. The van der Waals surface area contributed by atoms with Crippen molar-refractivity contribution in [2.24, 2.45) is 0 Å². The summed E-state index contributed by atoms with van der Waals surface area (Å²) in [6.07, 6.45) is 0. The van der Waals surface area contributed by atoms with Crippen molar-refractivity contribution in [1.29, 1.82) is 0 Å². The molecule has 0 fully saturated rings. The molecule has 1 amide bonds. The summed E-state index contributed by atoms with van der Waals surface area (Å²) in [7, 11) is -3.80. The van der Waals surface area contributed by atoms with Gasteiger partial charge in [-0.05, 0) is 24.3 Å². The topological polar surface area (TPSA) is 63.2 Å². The summed E-state index contributed by atoms with van der Waals surface area (Å²) in [5, 5.41) is -0.128. The van der Waals surface area contributed by atoms with Gasteiger partial charge in [0, 0.05) is 10.3 Å². The van der Waals surface area contributed by atoms with E-state index >= 15 is 0 Å². The molecule has 0 aliphatic carbocycles. The molecule has 0 atom stereocenters. The van der Waals surface area contributed by atoms with E-state index in [9.17, 15) is 13.2 Å². The Bertz CT molecular complexity index is 497. The number of sulfonamides is 1. The van der Waals surface area contributed by atoms with Gasteiger partial charge in [-0.1, -0.05) is 37.2 Å². The Balaban J connectivity index is 2.82. The summed E-state index contributed by atoms with van der Waals surface area (Å²) >= 11 is 6.57. The van der Waals surface area contributed by atoms with Crippen LogP contribution in [-0.2, 0) is 10.0 Å². The Hall–Kier alpha value is -0.720. The van der Waals surface area contributed by atoms with Crippen molar-refractivity contribution in [3.63, 3.8) is 0 Å². The molecule has 0 aliphatic heterocycles. The largest absolute Gasteiger partial charge is 0.293 e. The van der Waals surface area contributed by atoms with Crippen molar-refractivity contribution in [2.75, 3.05) is 0 Å². The maximum atomic E-state index is 11.7. The van der Waals surface area contributed by atoms with Gasteiger partial charge in [-0.25, -0.2) is 13.1 Å². The number of hydrogen-bond acceptors (Lipinski definition) is 4. The molecule has 0 aromatic heterocycles. The van der Waals surface area contributed by atoms with Gasteiger partial charge in [-0.15, -0.1) is 0 Å². The van der Waals surface area contributed by atoms with E-state index in [0.717, 1.165) is 11.8 Å². The van der Waals surface area contributed by atoms with Crippen LogP contribution in [0.5, 0.6) is 0 Å². The third kappa shape index (κ3) is 4.57. The van der Waals surface area contributed by atoms with Crippen LogP contribution in [0.4, 0.5) is 4.79 Å². The summed E-state index contributed by atoms with van der Waals surface area (Å²) in [5.74, 6) is 0. The molecule has 7 heteroatoms. The molecule has 0 bridgehead atoms. The maximum Gasteiger partial charge on any atom is 0.293 e. The third-order valence-electron chi connectivity index (χ3n) is 1.68. The van der Waals surface area contributed by atoms with Crippen LogP contribution in [0.25, 0.3) is 0 Å². The van der Waals surface area contributed by atoms with Crippen molar-refractivity contribution < 1.29 is 13.2 Å². The molecule has 1 aromatic rings. The minimum Gasteiger partial charge on any atom is -0.261 e. The molecule has 1 aromatic carbocycles. The first kappa shape index (κ1) is 14.3. The third-order valence-corrected chi connectivity index (χ3v) is 4.20. The number of rotatable bonds is 3. The van der Waals surface area contributed by atoms with E-state index in [1.54, 1.807) is 13.8 Å². The molecule has 0 saturated carbocycles. The van der Waals surface area contributed by atoms with Crippen LogP contribution in [0.15, 0.2) is 29.2 Å². The van der Waals surface area contributed by atoms with Gasteiger partial charge in [-0.3, -0.25) is 4.79 Å². The Morgan fingerprint density at radius 3 is 2.29 bits per heavy atom. The fraction of sp³-hybridized carbons (Fsp3) is 0.300. The molecule has 94 valence electrons. The predicted molar refractivity (Wildman–Crippen MR) is 69.9 cm³/mol. The molecule has 0 unspecified atom stereocenters. The second-order valence-corrected chi connectivity index (χ2v) is 7.18. The van der Waals surface area contributed by atoms with E-state index in [-0.39, 0.29) is 10.1 Å². The van der Waals surface area contributed by atoms with Gasteiger partial charge in [0.2, 0.25) is 0 Å². The number of thioether (sulfide) groups is 1. The minimum atomic E-state index is -3.80. The fourth-order valence-corrected chi connectivity index (χ4v) is 2.93. The highest BCUT2D eigenvalue weighted by Gasteiger charge is 2.18. The average Bonchev–Trinajstić information content (AvgIpc) is 2.15. The Morgan fingerprint density at radius 1 is 1.29 bits per heavy atom. The lowest BCUT2D eigenvalue weighted by Crippen LogP contribution is -2.28. The van der Waals surface area contributed by atoms with Gasteiger partial charge in [0.05, 0.1) is 4.90 Å². The van der Waals surface area contributed by atoms with E-state index in [1.165, 1.54) is 24.3 Å². The van der Waals surface area contributed by atoms with Crippen molar-refractivity contribution in [1.82, 2.24) is 4.72 Å². The number of halogens is 1. The van der Waals surface area contributed by atoms with Crippen LogP contribution >= 0.6 is 23.4 Å². The molecule has 0 heterocycles. The number of benzene rings is 1. The van der Waals surface area contributed by atoms with E-state index in [2.05, 4.69) is 0 Å². The van der Waals surface area contributed by atoms with E-state index in [1.807, 2.05) is 4.72 Å². The van der Waals surface area contributed by atoms with Gasteiger partial charge in [0.25, 0.3) is 15.3 Å². The van der Waals surface area contributed by atoms with Crippen molar-refractivity contribution in [2.45, 2.75) is 24.0 Å². The first-order valence-corrected chi connectivity index (χ1v) is 7.54. The van der Waals surface area contributed by atoms with E-state index in [0.29, 0.717) is 5.02 Å². The monoisotopic (exact) mass is 293 g/mol. The zero-order valence-electron chi connectivity index (χ0n) is 9.31. The SMILES string of the molecule is CC(C)SC(=O)NS(=O)(=O)c1ccc(Cl)cc1. The van der Waals surface area contributed by atoms with Gasteiger partial charge in [-0.2, -0.15) is 0 Å². The van der Waals surface area contributed by atoms with Gasteiger partial charge >= 0.3 is 0 Å². The highest BCUT2D eigenvalue weighted by atomic mass is 35.5. The Kier molecular flexibility index (Phi) is 4.85. The molecule has 0 spiro atoms. The highest BCUT2D eigenvalue weighted by Crippen LogP contribution is 2.16. The number of amides is 1. The molecule has 4 nitrogen and oxygen atoms in total. The predicted octanol–water partition coefficient (Wildman–Crippen LogP) is 2.88. The molecular weight excluding hydrogens is 282 g/mol. The average molecular weight is 294 g/mol. The van der Waals surface area contributed by atoms with Crippen molar-refractivity contribution in [3.8, 4) is 0 Å². The van der Waals surface area contributed by atoms with E-state index < -0.39 is 15.3 Å². The standard InChI is InChI=1S/C10H12ClNO3S2/c1-7(2)16-10(13)12-17(14,15)9-5-3-8(11)4-6-9/h3-7H,1-2H3,(H,12,13). The fourth-order valence-electron chi connectivity index (χ4n) is 1.02. The summed E-state index contributed by atoms with van der Waals surface area (Å²) in [6.45, 7) is 3.61. The Labute approximate surface area is 110 Å². The molecule has 0 aliphatic rings. The van der Waals surface area contributed by atoms with Gasteiger partial charge in [0.15, 0.2) is 0 Å². The Morgan fingerprint density at radius 2 is 1.82 bits per heavy atom. The number of carbonyl (C=O) groups excluding carboxylic acids is 1. The van der Waals surface area contributed by atoms with Crippen molar-refractivity contribution in [3.05, 3.63) is 29.3 Å². The van der Waals surface area contributed by atoms with Crippen LogP contribution in [0.3, 0.4) is 0 Å². The van der Waals surface area contributed by atoms with Gasteiger partial charge in [0.1, 0.15) is 0 Å². The van der Waals surface area contributed by atoms with Gasteiger partial charge < -0.3 is 0 Å². The second kappa shape index (κ2) is 5.75. The van der Waals surface area contributed by atoms with E-state index in [4.69, 9.17) is 11.6 Å². The van der Waals surface area contributed by atoms with Crippen LogP contribution in [-0.4, -0.2) is 18.9 Å². The lowest BCUT2D eigenvalue weighted by molar-refractivity contribution is 0.264. The lowest BCUT2D eigenvalue weighted by atomic mass is 10.4. The highest BCUT2D eigenvalue weighted by molar-refractivity contribution is 8.15. The first-order chi connectivity index (χ1) is 7.81.